The number of H-pyrrole nitrogens is 1. The Morgan fingerprint density at radius 1 is 1.48 bits per heavy atom. The molecule has 2 aromatic rings. The Hall–Kier alpha value is -1.18. The third kappa shape index (κ3) is 4.15. The maximum Gasteiger partial charge on any atom is 0.313 e. The first-order valence-electron chi connectivity index (χ1n) is 5.42. The first-order chi connectivity index (χ1) is 9.92. The van der Waals surface area contributed by atoms with E-state index in [1.807, 2.05) is 0 Å². The van der Waals surface area contributed by atoms with Crippen LogP contribution in [0.5, 0.6) is 0 Å². The number of benzene rings is 1. The molecule has 0 amide bonds. The van der Waals surface area contributed by atoms with Crippen LogP contribution in [0.2, 0.25) is 0 Å². The van der Waals surface area contributed by atoms with Gasteiger partial charge in [-0.3, -0.25) is 9.89 Å². The number of aromatic amines is 1. The molecule has 0 saturated heterocycles. The summed E-state index contributed by atoms with van der Waals surface area (Å²) in [5, 5.41) is 15.4. The van der Waals surface area contributed by atoms with Gasteiger partial charge in [0.2, 0.25) is 15.2 Å². The van der Waals surface area contributed by atoms with Gasteiger partial charge in [0.25, 0.3) is 0 Å². The number of sulfonamides is 1. The number of thioether (sulfide) groups is 1. The number of rotatable bonds is 6. The van der Waals surface area contributed by atoms with E-state index < -0.39 is 16.0 Å². The fourth-order valence-electron chi connectivity index (χ4n) is 1.42. The molecule has 0 radical (unpaired) electrons. The van der Waals surface area contributed by atoms with Gasteiger partial charge in [0.05, 0.1) is 10.6 Å². The summed E-state index contributed by atoms with van der Waals surface area (Å²) in [5.74, 6) is -0.745. The molecule has 0 bridgehead atoms. The van der Waals surface area contributed by atoms with E-state index >= 15 is 0 Å². The first kappa shape index (κ1) is 16.2. The summed E-state index contributed by atoms with van der Waals surface area (Å²) in [4.78, 5) is 14.7. The van der Waals surface area contributed by atoms with Crippen LogP contribution in [-0.4, -0.2) is 40.4 Å². The monoisotopic (exact) mass is 440 g/mol. The molecule has 0 spiro atoms. The Morgan fingerprint density at radius 3 is 2.90 bits per heavy atom. The van der Waals surface area contributed by atoms with Gasteiger partial charge in [0.15, 0.2) is 5.82 Å². The van der Waals surface area contributed by atoms with E-state index in [0.29, 0.717) is 11.4 Å². The lowest BCUT2D eigenvalue weighted by atomic mass is 10.2. The van der Waals surface area contributed by atoms with Crippen molar-refractivity contribution in [2.24, 2.45) is 0 Å². The van der Waals surface area contributed by atoms with Crippen LogP contribution < -0.4 is 2.94 Å². The normalized spacial score (nSPS) is 11.5. The van der Waals surface area contributed by atoms with Gasteiger partial charge in [-0.05, 0) is 12.1 Å². The van der Waals surface area contributed by atoms with E-state index in [4.69, 9.17) is 5.11 Å². The second-order valence-electron chi connectivity index (χ2n) is 3.76. The molecule has 0 aliphatic rings. The highest BCUT2D eigenvalue weighted by Crippen LogP contribution is 2.22. The number of nitrogens with one attached hydrogen (secondary N) is 2. The van der Waals surface area contributed by atoms with E-state index in [-0.39, 0.29) is 15.8 Å². The third-order valence-corrected chi connectivity index (χ3v) is 5.96. The molecule has 11 heteroatoms. The minimum Gasteiger partial charge on any atom is -0.481 e. The van der Waals surface area contributed by atoms with Crippen LogP contribution in [0.4, 0.5) is 0 Å². The van der Waals surface area contributed by atoms with Crippen LogP contribution in [0.1, 0.15) is 0 Å². The fourth-order valence-corrected chi connectivity index (χ4v) is 3.33. The van der Waals surface area contributed by atoms with Crippen molar-refractivity contribution in [3.8, 4) is 11.4 Å². The topological polar surface area (TPSA) is 125 Å². The number of carbonyl (C=O) groups is 1. The standard InChI is InChI=1S/C10H9IN4O4S2/c11-15-21(18,19)7-3-1-2-6(4-7)9-12-10(14-13-9)20-5-8(16)17/h1-4,15H,5H2,(H,16,17)(H,12,13,14). The Labute approximate surface area is 138 Å². The van der Waals surface area contributed by atoms with Crippen molar-refractivity contribution in [2.75, 3.05) is 5.75 Å². The summed E-state index contributed by atoms with van der Waals surface area (Å²) in [5.41, 5.74) is 0.539. The SMILES string of the molecule is O=C(O)CSc1n[nH]c(-c2cccc(S(=O)(=O)NI)c2)n1. The molecule has 0 aliphatic carbocycles. The van der Waals surface area contributed by atoms with Gasteiger partial charge in [-0.25, -0.2) is 13.4 Å². The Kier molecular flexibility index (Phi) is 5.18. The Bertz CT molecular complexity index is 762. The molecule has 1 aromatic carbocycles. The molecule has 0 fully saturated rings. The number of carboxylic acid groups (broad SMARTS) is 1. The van der Waals surface area contributed by atoms with Gasteiger partial charge in [0.1, 0.15) is 0 Å². The molecule has 8 nitrogen and oxygen atoms in total. The van der Waals surface area contributed by atoms with E-state index in [1.165, 1.54) is 12.1 Å². The van der Waals surface area contributed by atoms with Crippen LogP contribution in [0, 0.1) is 0 Å². The molecule has 1 heterocycles. The number of aromatic nitrogens is 3. The van der Waals surface area contributed by atoms with Crippen LogP contribution in [0.25, 0.3) is 11.4 Å². The predicted octanol–water partition coefficient (Wildman–Crippen LogP) is 1.28. The van der Waals surface area contributed by atoms with Crippen LogP contribution in [-0.2, 0) is 14.8 Å². The maximum atomic E-state index is 11.7. The van der Waals surface area contributed by atoms with Crippen molar-refractivity contribution >= 4 is 50.6 Å². The van der Waals surface area contributed by atoms with Crippen LogP contribution in [0.3, 0.4) is 0 Å². The molecule has 0 atom stereocenters. The summed E-state index contributed by atoms with van der Waals surface area (Å²) in [6.45, 7) is 0. The van der Waals surface area contributed by atoms with E-state index in [9.17, 15) is 13.2 Å². The minimum absolute atomic E-state index is 0.102. The summed E-state index contributed by atoms with van der Waals surface area (Å²) in [7, 11) is -3.55. The summed E-state index contributed by atoms with van der Waals surface area (Å²) in [6, 6.07) is 6.18. The zero-order valence-electron chi connectivity index (χ0n) is 10.3. The molecular weight excluding hydrogens is 431 g/mol. The van der Waals surface area contributed by atoms with Crippen molar-refractivity contribution in [2.45, 2.75) is 10.1 Å². The second kappa shape index (κ2) is 6.72. The molecule has 3 N–H and O–H groups in total. The number of carboxylic acids is 1. The van der Waals surface area contributed by atoms with Crippen molar-refractivity contribution in [3.05, 3.63) is 24.3 Å². The smallest absolute Gasteiger partial charge is 0.313 e. The summed E-state index contributed by atoms with van der Waals surface area (Å²) in [6.07, 6.45) is 0. The quantitative estimate of drug-likeness (QED) is 0.351. The van der Waals surface area contributed by atoms with Gasteiger partial charge in [-0.15, -0.1) is 5.10 Å². The van der Waals surface area contributed by atoms with Gasteiger partial charge in [-0.2, -0.15) is 2.94 Å². The molecule has 21 heavy (non-hydrogen) atoms. The number of aliphatic carboxylic acids is 1. The lowest BCUT2D eigenvalue weighted by Crippen LogP contribution is -2.12. The minimum atomic E-state index is -3.55. The predicted molar refractivity (Wildman–Crippen MR) is 84.5 cm³/mol. The lowest BCUT2D eigenvalue weighted by molar-refractivity contribution is -0.133. The first-order valence-corrected chi connectivity index (χ1v) is 8.97. The maximum absolute atomic E-state index is 11.7. The van der Waals surface area contributed by atoms with Gasteiger partial charge >= 0.3 is 5.97 Å². The van der Waals surface area contributed by atoms with Gasteiger partial charge < -0.3 is 5.11 Å². The number of hydrogen-bond acceptors (Lipinski definition) is 6. The van der Waals surface area contributed by atoms with Crippen LogP contribution in [0.15, 0.2) is 34.3 Å². The largest absolute Gasteiger partial charge is 0.481 e. The highest BCUT2D eigenvalue weighted by atomic mass is 127. The average molecular weight is 440 g/mol. The van der Waals surface area contributed by atoms with Crippen LogP contribution >= 0.6 is 34.6 Å². The van der Waals surface area contributed by atoms with Crippen molar-refractivity contribution in [3.63, 3.8) is 0 Å². The van der Waals surface area contributed by atoms with E-state index in [1.54, 1.807) is 35.0 Å². The molecule has 1 aromatic heterocycles. The molecular formula is C10H9IN4O4S2. The number of hydrogen-bond donors (Lipinski definition) is 3. The number of halogens is 1. The van der Waals surface area contributed by atoms with Gasteiger partial charge in [-0.1, -0.05) is 23.9 Å². The third-order valence-electron chi connectivity index (χ3n) is 2.31. The van der Waals surface area contributed by atoms with Crippen molar-refractivity contribution < 1.29 is 18.3 Å². The van der Waals surface area contributed by atoms with E-state index in [0.717, 1.165) is 11.8 Å². The second-order valence-corrected chi connectivity index (χ2v) is 7.65. The molecule has 2 rings (SSSR count). The zero-order valence-corrected chi connectivity index (χ0v) is 14.1. The highest BCUT2D eigenvalue weighted by molar-refractivity contribution is 14.1. The summed E-state index contributed by atoms with van der Waals surface area (Å²) < 4.78 is 25.7. The van der Waals surface area contributed by atoms with Crippen molar-refractivity contribution in [1.29, 1.82) is 0 Å². The van der Waals surface area contributed by atoms with Gasteiger partial charge in [0, 0.05) is 28.4 Å². The Morgan fingerprint density at radius 2 is 2.24 bits per heavy atom. The average Bonchev–Trinajstić information content (AvgIpc) is 2.94. The molecule has 0 saturated carbocycles. The molecule has 112 valence electrons. The lowest BCUT2D eigenvalue weighted by Gasteiger charge is -2.02. The van der Waals surface area contributed by atoms with Crippen molar-refractivity contribution in [1.82, 2.24) is 18.1 Å². The van der Waals surface area contributed by atoms with E-state index in [2.05, 4.69) is 18.1 Å². The fraction of sp³-hybridized carbons (Fsp3) is 0.100. The number of nitrogens with zero attached hydrogens (tertiary/aromatic N) is 2. The molecule has 0 aliphatic heterocycles. The Balaban J connectivity index is 2.27. The summed E-state index contributed by atoms with van der Waals surface area (Å²) >= 11 is 2.52. The zero-order chi connectivity index (χ0) is 15.5. The highest BCUT2D eigenvalue weighted by Gasteiger charge is 2.14. The molecule has 0 unspecified atom stereocenters.